The van der Waals surface area contributed by atoms with Crippen molar-refractivity contribution in [1.29, 1.82) is 0 Å². The smallest absolute Gasteiger partial charge is 0.326 e. The van der Waals surface area contributed by atoms with Gasteiger partial charge < -0.3 is 16.2 Å². The number of carbonyl (C=O) groups excluding carboxylic acids is 1. The lowest BCUT2D eigenvalue weighted by Crippen LogP contribution is -2.47. The number of nitrogens with one attached hydrogen (secondary N) is 1. The highest BCUT2D eigenvalue weighted by atomic mass is 32.2. The van der Waals surface area contributed by atoms with Gasteiger partial charge in [-0.15, -0.1) is 0 Å². The molecule has 6 heteroatoms. The van der Waals surface area contributed by atoms with E-state index < -0.39 is 17.6 Å². The Morgan fingerprint density at radius 3 is 2.56 bits per heavy atom. The number of thioether (sulfide) groups is 1. The molecule has 0 radical (unpaired) electrons. The van der Waals surface area contributed by atoms with Gasteiger partial charge in [0.25, 0.3) is 0 Å². The zero-order valence-corrected chi connectivity index (χ0v) is 11.6. The van der Waals surface area contributed by atoms with Crippen molar-refractivity contribution in [3.8, 4) is 0 Å². The van der Waals surface area contributed by atoms with Gasteiger partial charge in [-0.05, 0) is 31.3 Å². The molecule has 18 heavy (non-hydrogen) atoms. The minimum Gasteiger partial charge on any atom is -0.480 e. The molecular formula is C12H22N2O3S. The maximum absolute atomic E-state index is 11.8. The van der Waals surface area contributed by atoms with E-state index in [-0.39, 0.29) is 12.3 Å². The SMILES string of the molecule is CSCCC(NC(=O)CC1(N)CCCC1)C(=O)O. The summed E-state index contributed by atoms with van der Waals surface area (Å²) in [5, 5.41) is 11.6. The lowest BCUT2D eigenvalue weighted by molar-refractivity contribution is -0.142. The summed E-state index contributed by atoms with van der Waals surface area (Å²) in [6, 6.07) is -0.796. The molecule has 1 amide bonds. The lowest BCUT2D eigenvalue weighted by atomic mass is 9.94. The molecule has 0 aliphatic heterocycles. The van der Waals surface area contributed by atoms with Gasteiger partial charge in [0.15, 0.2) is 0 Å². The van der Waals surface area contributed by atoms with Gasteiger partial charge in [0.1, 0.15) is 6.04 Å². The minimum absolute atomic E-state index is 0.232. The molecular weight excluding hydrogens is 252 g/mol. The Kier molecular flexibility index (Phi) is 5.95. The monoisotopic (exact) mass is 274 g/mol. The van der Waals surface area contributed by atoms with Gasteiger partial charge in [0, 0.05) is 12.0 Å². The number of amides is 1. The summed E-state index contributed by atoms with van der Waals surface area (Å²) in [7, 11) is 0. The summed E-state index contributed by atoms with van der Waals surface area (Å²) in [6.45, 7) is 0. The number of rotatable bonds is 7. The van der Waals surface area contributed by atoms with Crippen molar-refractivity contribution >= 4 is 23.6 Å². The van der Waals surface area contributed by atoms with Crippen LogP contribution in [-0.2, 0) is 9.59 Å². The molecule has 1 fully saturated rings. The van der Waals surface area contributed by atoms with Crippen LogP contribution in [0.3, 0.4) is 0 Å². The second kappa shape index (κ2) is 6.99. The third kappa shape index (κ3) is 4.86. The first kappa shape index (κ1) is 15.3. The fraction of sp³-hybridized carbons (Fsp3) is 0.833. The normalized spacial score (nSPS) is 19.4. The van der Waals surface area contributed by atoms with Gasteiger partial charge in [-0.1, -0.05) is 12.8 Å². The number of carboxylic acids is 1. The molecule has 104 valence electrons. The summed E-state index contributed by atoms with van der Waals surface area (Å²) in [4.78, 5) is 22.8. The van der Waals surface area contributed by atoms with Gasteiger partial charge in [-0.2, -0.15) is 11.8 Å². The molecule has 0 aromatic heterocycles. The Hall–Kier alpha value is -0.750. The van der Waals surface area contributed by atoms with Crippen LogP contribution >= 0.6 is 11.8 Å². The summed E-state index contributed by atoms with van der Waals surface area (Å²) >= 11 is 1.57. The van der Waals surface area contributed by atoms with Crippen LogP contribution in [0.15, 0.2) is 0 Å². The van der Waals surface area contributed by atoms with Crippen LogP contribution in [0.5, 0.6) is 0 Å². The van der Waals surface area contributed by atoms with E-state index in [9.17, 15) is 9.59 Å². The molecule has 1 unspecified atom stereocenters. The van der Waals surface area contributed by atoms with Crippen LogP contribution in [0.1, 0.15) is 38.5 Å². The van der Waals surface area contributed by atoms with Crippen molar-refractivity contribution in [2.24, 2.45) is 5.73 Å². The molecule has 4 N–H and O–H groups in total. The number of hydrogen-bond donors (Lipinski definition) is 3. The first-order valence-electron chi connectivity index (χ1n) is 6.27. The molecule has 0 heterocycles. The van der Waals surface area contributed by atoms with E-state index in [2.05, 4.69) is 5.32 Å². The number of hydrogen-bond acceptors (Lipinski definition) is 4. The molecule has 1 atom stereocenters. The first-order valence-corrected chi connectivity index (χ1v) is 7.66. The molecule has 5 nitrogen and oxygen atoms in total. The molecule has 1 rings (SSSR count). The first-order chi connectivity index (χ1) is 8.47. The van der Waals surface area contributed by atoms with Crippen molar-refractivity contribution in [3.63, 3.8) is 0 Å². The lowest BCUT2D eigenvalue weighted by Gasteiger charge is -2.24. The second-order valence-electron chi connectivity index (χ2n) is 4.99. The molecule has 1 aliphatic rings. The fourth-order valence-electron chi connectivity index (χ4n) is 2.31. The molecule has 1 saturated carbocycles. The van der Waals surface area contributed by atoms with E-state index in [1.54, 1.807) is 11.8 Å². The third-order valence-corrected chi connectivity index (χ3v) is 4.00. The van der Waals surface area contributed by atoms with Gasteiger partial charge in [-0.3, -0.25) is 4.79 Å². The predicted molar refractivity (Wildman–Crippen MR) is 72.6 cm³/mol. The molecule has 0 aromatic carbocycles. The molecule has 0 saturated heterocycles. The molecule has 0 bridgehead atoms. The summed E-state index contributed by atoms with van der Waals surface area (Å²) in [6.07, 6.45) is 6.40. The highest BCUT2D eigenvalue weighted by Gasteiger charge is 2.32. The van der Waals surface area contributed by atoms with Gasteiger partial charge in [0.2, 0.25) is 5.91 Å². The predicted octanol–water partition coefficient (Wildman–Crippen LogP) is 0.970. The number of aliphatic carboxylic acids is 1. The Morgan fingerprint density at radius 1 is 1.44 bits per heavy atom. The average molecular weight is 274 g/mol. The van der Waals surface area contributed by atoms with E-state index in [4.69, 9.17) is 10.8 Å². The average Bonchev–Trinajstić information content (AvgIpc) is 2.70. The van der Waals surface area contributed by atoms with E-state index in [0.717, 1.165) is 25.7 Å². The molecule has 0 aromatic rings. The van der Waals surface area contributed by atoms with Crippen LogP contribution in [0, 0.1) is 0 Å². The Balaban J connectivity index is 2.43. The van der Waals surface area contributed by atoms with Crippen molar-refractivity contribution in [1.82, 2.24) is 5.32 Å². The zero-order chi connectivity index (χ0) is 13.6. The fourth-order valence-corrected chi connectivity index (χ4v) is 2.79. The third-order valence-electron chi connectivity index (χ3n) is 3.36. The summed E-state index contributed by atoms with van der Waals surface area (Å²) < 4.78 is 0. The quantitative estimate of drug-likeness (QED) is 0.643. The van der Waals surface area contributed by atoms with E-state index in [1.807, 2.05) is 6.26 Å². The van der Waals surface area contributed by atoms with Gasteiger partial charge in [-0.25, -0.2) is 4.79 Å². The molecule has 1 aliphatic carbocycles. The minimum atomic E-state index is -0.977. The highest BCUT2D eigenvalue weighted by Crippen LogP contribution is 2.29. The van der Waals surface area contributed by atoms with Crippen LogP contribution in [0.4, 0.5) is 0 Å². The van der Waals surface area contributed by atoms with E-state index in [1.165, 1.54) is 0 Å². The van der Waals surface area contributed by atoms with Crippen molar-refractivity contribution in [2.75, 3.05) is 12.0 Å². The maximum atomic E-state index is 11.8. The zero-order valence-electron chi connectivity index (χ0n) is 10.8. The van der Waals surface area contributed by atoms with Crippen LogP contribution in [0.25, 0.3) is 0 Å². The maximum Gasteiger partial charge on any atom is 0.326 e. The standard InChI is InChI=1S/C12H22N2O3S/c1-18-7-4-9(11(16)17)14-10(15)8-12(13)5-2-3-6-12/h9H,2-8,13H2,1H3,(H,14,15)(H,16,17). The van der Waals surface area contributed by atoms with E-state index in [0.29, 0.717) is 12.2 Å². The highest BCUT2D eigenvalue weighted by molar-refractivity contribution is 7.98. The topological polar surface area (TPSA) is 92.4 Å². The van der Waals surface area contributed by atoms with Crippen molar-refractivity contribution < 1.29 is 14.7 Å². The summed E-state index contributed by atoms with van der Waals surface area (Å²) in [5.74, 6) is -0.506. The Labute approximate surface area is 112 Å². The Bertz CT molecular complexity index is 304. The number of carboxylic acid groups (broad SMARTS) is 1. The van der Waals surface area contributed by atoms with Crippen LogP contribution in [0.2, 0.25) is 0 Å². The summed E-state index contributed by atoms with van der Waals surface area (Å²) in [5.41, 5.74) is 5.68. The molecule has 0 spiro atoms. The largest absolute Gasteiger partial charge is 0.480 e. The van der Waals surface area contributed by atoms with Gasteiger partial charge in [0.05, 0.1) is 0 Å². The number of nitrogens with two attached hydrogens (primary N) is 1. The Morgan fingerprint density at radius 2 is 2.06 bits per heavy atom. The van der Waals surface area contributed by atoms with E-state index >= 15 is 0 Å². The van der Waals surface area contributed by atoms with Gasteiger partial charge >= 0.3 is 5.97 Å². The van der Waals surface area contributed by atoms with Crippen molar-refractivity contribution in [2.45, 2.75) is 50.1 Å². The van der Waals surface area contributed by atoms with Crippen molar-refractivity contribution in [3.05, 3.63) is 0 Å². The van der Waals surface area contributed by atoms with Crippen LogP contribution in [-0.4, -0.2) is 40.6 Å². The second-order valence-corrected chi connectivity index (χ2v) is 5.97. The van der Waals surface area contributed by atoms with Crippen LogP contribution < -0.4 is 11.1 Å². The number of carbonyl (C=O) groups is 2.